The summed E-state index contributed by atoms with van der Waals surface area (Å²) in [5.41, 5.74) is 7.47. The van der Waals surface area contributed by atoms with Crippen LogP contribution in [-0.2, 0) is 0 Å². The minimum atomic E-state index is 0.346. The number of nitrogens with one attached hydrogen (secondary N) is 1. The molecular formula is C15H22ClN3S. The van der Waals surface area contributed by atoms with Gasteiger partial charge in [0, 0.05) is 12.2 Å². The Morgan fingerprint density at radius 1 is 1.45 bits per heavy atom. The van der Waals surface area contributed by atoms with E-state index in [1.165, 1.54) is 25.9 Å². The molecule has 0 aliphatic carbocycles. The zero-order valence-corrected chi connectivity index (χ0v) is 13.4. The largest absolute Gasteiger partial charge is 0.389 e. The first-order valence-corrected chi connectivity index (χ1v) is 7.95. The molecule has 5 heteroatoms. The van der Waals surface area contributed by atoms with Crippen molar-refractivity contribution >= 4 is 34.5 Å². The van der Waals surface area contributed by atoms with Gasteiger partial charge in [-0.3, -0.25) is 0 Å². The van der Waals surface area contributed by atoms with Crippen LogP contribution in [0.2, 0.25) is 5.02 Å². The highest BCUT2D eigenvalue weighted by atomic mass is 35.5. The van der Waals surface area contributed by atoms with E-state index in [2.05, 4.69) is 17.1 Å². The molecule has 1 aromatic rings. The van der Waals surface area contributed by atoms with Gasteiger partial charge in [-0.05, 0) is 50.5 Å². The van der Waals surface area contributed by atoms with Crippen LogP contribution in [0.3, 0.4) is 0 Å². The van der Waals surface area contributed by atoms with Crippen LogP contribution in [0.4, 0.5) is 5.69 Å². The topological polar surface area (TPSA) is 41.3 Å². The van der Waals surface area contributed by atoms with Gasteiger partial charge in [0.15, 0.2) is 0 Å². The van der Waals surface area contributed by atoms with E-state index in [1.807, 2.05) is 18.2 Å². The lowest BCUT2D eigenvalue weighted by atomic mass is 9.96. The van der Waals surface area contributed by atoms with Crippen LogP contribution in [0.1, 0.15) is 25.3 Å². The maximum atomic E-state index is 6.17. The normalized spacial score (nSPS) is 17.1. The molecule has 0 spiro atoms. The first-order chi connectivity index (χ1) is 9.61. The number of anilines is 1. The number of benzene rings is 1. The summed E-state index contributed by atoms with van der Waals surface area (Å²) >= 11 is 11.3. The van der Waals surface area contributed by atoms with E-state index in [0.717, 1.165) is 24.3 Å². The van der Waals surface area contributed by atoms with Crippen LogP contribution >= 0.6 is 23.8 Å². The highest BCUT2D eigenvalue weighted by molar-refractivity contribution is 7.80. The molecule has 110 valence electrons. The minimum absolute atomic E-state index is 0.346. The standard InChI is InChI=1S/C15H22ClN3S/c1-2-19-8-6-11(7-9-19)10-18-13-5-3-4-12(16)14(13)15(17)20/h3-5,11,18H,2,6-10H2,1H3,(H2,17,20). The van der Waals surface area contributed by atoms with Gasteiger partial charge in [-0.2, -0.15) is 0 Å². The fraction of sp³-hybridized carbons (Fsp3) is 0.533. The summed E-state index contributed by atoms with van der Waals surface area (Å²) in [5, 5.41) is 4.08. The molecule has 1 aliphatic heterocycles. The molecule has 1 saturated heterocycles. The third kappa shape index (κ3) is 3.84. The zero-order valence-electron chi connectivity index (χ0n) is 11.9. The fourth-order valence-electron chi connectivity index (χ4n) is 2.68. The SMILES string of the molecule is CCN1CCC(CNc2cccc(Cl)c2C(N)=S)CC1. The molecule has 3 nitrogen and oxygen atoms in total. The van der Waals surface area contributed by atoms with Crippen LogP contribution < -0.4 is 11.1 Å². The lowest BCUT2D eigenvalue weighted by Crippen LogP contribution is -2.35. The molecule has 0 aromatic heterocycles. The molecule has 0 bridgehead atoms. The van der Waals surface area contributed by atoms with Crippen molar-refractivity contribution in [3.8, 4) is 0 Å². The van der Waals surface area contributed by atoms with Crippen LogP contribution in [0.15, 0.2) is 18.2 Å². The summed E-state index contributed by atoms with van der Waals surface area (Å²) < 4.78 is 0. The molecule has 1 aliphatic rings. The Morgan fingerprint density at radius 2 is 2.15 bits per heavy atom. The Hall–Kier alpha value is -0.840. The summed E-state index contributed by atoms with van der Waals surface area (Å²) in [6.07, 6.45) is 2.48. The van der Waals surface area contributed by atoms with Gasteiger partial charge in [0.2, 0.25) is 0 Å². The fourth-order valence-corrected chi connectivity index (χ4v) is 3.24. The highest BCUT2D eigenvalue weighted by Crippen LogP contribution is 2.25. The van der Waals surface area contributed by atoms with E-state index in [1.54, 1.807) is 0 Å². The van der Waals surface area contributed by atoms with Crippen molar-refractivity contribution in [1.82, 2.24) is 4.90 Å². The quantitative estimate of drug-likeness (QED) is 0.820. The van der Waals surface area contributed by atoms with Crippen LogP contribution in [-0.4, -0.2) is 36.1 Å². The van der Waals surface area contributed by atoms with Gasteiger partial charge in [0.05, 0.1) is 10.6 Å². The lowest BCUT2D eigenvalue weighted by molar-refractivity contribution is 0.198. The molecule has 0 saturated carbocycles. The summed E-state index contributed by atoms with van der Waals surface area (Å²) in [6, 6.07) is 5.73. The van der Waals surface area contributed by atoms with Crippen molar-refractivity contribution in [3.05, 3.63) is 28.8 Å². The van der Waals surface area contributed by atoms with Crippen molar-refractivity contribution < 1.29 is 0 Å². The van der Waals surface area contributed by atoms with Gasteiger partial charge in [0.1, 0.15) is 4.99 Å². The Labute approximate surface area is 131 Å². The van der Waals surface area contributed by atoms with Crippen LogP contribution in [0.5, 0.6) is 0 Å². The number of piperidine rings is 1. The molecule has 2 rings (SSSR count). The predicted molar refractivity (Wildman–Crippen MR) is 90.7 cm³/mol. The second kappa shape index (κ2) is 7.25. The lowest BCUT2D eigenvalue weighted by Gasteiger charge is -2.31. The third-order valence-corrected chi connectivity index (χ3v) is 4.51. The predicted octanol–water partition coefficient (Wildman–Crippen LogP) is 3.12. The van der Waals surface area contributed by atoms with Crippen molar-refractivity contribution in [2.75, 3.05) is 31.5 Å². The third-order valence-electron chi connectivity index (χ3n) is 4.00. The molecule has 1 heterocycles. The smallest absolute Gasteiger partial charge is 0.107 e. The number of hydrogen-bond donors (Lipinski definition) is 2. The molecule has 1 fully saturated rings. The van der Waals surface area contributed by atoms with E-state index in [-0.39, 0.29) is 0 Å². The van der Waals surface area contributed by atoms with E-state index in [0.29, 0.717) is 15.9 Å². The summed E-state index contributed by atoms with van der Waals surface area (Å²) in [6.45, 7) is 6.72. The number of hydrogen-bond acceptors (Lipinski definition) is 3. The van der Waals surface area contributed by atoms with Crippen molar-refractivity contribution in [1.29, 1.82) is 0 Å². The Kier molecular flexibility index (Phi) is 5.64. The summed E-state index contributed by atoms with van der Waals surface area (Å²) in [4.78, 5) is 2.84. The maximum Gasteiger partial charge on any atom is 0.107 e. The molecular weight excluding hydrogens is 290 g/mol. The monoisotopic (exact) mass is 311 g/mol. The molecule has 0 unspecified atom stereocenters. The molecule has 20 heavy (non-hydrogen) atoms. The average molecular weight is 312 g/mol. The minimum Gasteiger partial charge on any atom is -0.389 e. The van der Waals surface area contributed by atoms with Crippen LogP contribution in [0.25, 0.3) is 0 Å². The molecule has 0 radical (unpaired) electrons. The van der Waals surface area contributed by atoms with Crippen LogP contribution in [0, 0.1) is 5.92 Å². The number of nitrogens with zero attached hydrogens (tertiary/aromatic N) is 1. The summed E-state index contributed by atoms with van der Waals surface area (Å²) in [5.74, 6) is 0.705. The van der Waals surface area contributed by atoms with Gasteiger partial charge in [-0.1, -0.05) is 36.8 Å². The molecule has 1 aromatic carbocycles. The molecule has 3 N–H and O–H groups in total. The number of rotatable bonds is 5. The number of thiocarbonyl (C=S) groups is 1. The van der Waals surface area contributed by atoms with E-state index in [4.69, 9.17) is 29.6 Å². The highest BCUT2D eigenvalue weighted by Gasteiger charge is 2.18. The number of nitrogens with two attached hydrogens (primary N) is 1. The Morgan fingerprint density at radius 3 is 2.75 bits per heavy atom. The van der Waals surface area contributed by atoms with Crippen molar-refractivity contribution in [2.45, 2.75) is 19.8 Å². The second-order valence-electron chi connectivity index (χ2n) is 5.29. The van der Waals surface area contributed by atoms with Gasteiger partial charge < -0.3 is 16.0 Å². The number of likely N-dealkylation sites (tertiary alicyclic amines) is 1. The first kappa shape index (κ1) is 15.5. The maximum absolute atomic E-state index is 6.17. The second-order valence-corrected chi connectivity index (χ2v) is 6.13. The van der Waals surface area contributed by atoms with Gasteiger partial charge >= 0.3 is 0 Å². The summed E-state index contributed by atoms with van der Waals surface area (Å²) in [7, 11) is 0. The van der Waals surface area contributed by atoms with Gasteiger partial charge in [0.25, 0.3) is 0 Å². The van der Waals surface area contributed by atoms with Gasteiger partial charge in [-0.15, -0.1) is 0 Å². The first-order valence-electron chi connectivity index (χ1n) is 7.16. The molecule has 0 atom stereocenters. The van der Waals surface area contributed by atoms with E-state index >= 15 is 0 Å². The number of halogens is 1. The Bertz CT molecular complexity index is 470. The Balaban J connectivity index is 1.95. The average Bonchev–Trinajstić information content (AvgIpc) is 2.45. The van der Waals surface area contributed by atoms with E-state index < -0.39 is 0 Å². The molecule has 0 amide bonds. The van der Waals surface area contributed by atoms with Crippen molar-refractivity contribution in [3.63, 3.8) is 0 Å². The van der Waals surface area contributed by atoms with Crippen molar-refractivity contribution in [2.24, 2.45) is 11.7 Å². The van der Waals surface area contributed by atoms with E-state index in [9.17, 15) is 0 Å². The van der Waals surface area contributed by atoms with Gasteiger partial charge in [-0.25, -0.2) is 0 Å². The zero-order chi connectivity index (χ0) is 14.5.